The highest BCUT2D eigenvalue weighted by Gasteiger charge is 2.51. The van der Waals surface area contributed by atoms with E-state index >= 15 is 0 Å². The number of carbonyl (C=O) groups is 2. The van der Waals surface area contributed by atoms with E-state index in [0.717, 1.165) is 25.7 Å². The van der Waals surface area contributed by atoms with Crippen LogP contribution in [0.1, 0.15) is 46.0 Å². The number of nitrogens with zero attached hydrogens (tertiary/aromatic N) is 1. The number of piperazine rings is 1. The van der Waals surface area contributed by atoms with E-state index in [4.69, 9.17) is 4.74 Å². The van der Waals surface area contributed by atoms with Crippen molar-refractivity contribution >= 4 is 11.8 Å². The maximum atomic E-state index is 12.7. The average Bonchev–Trinajstić information content (AvgIpc) is 3.26. The van der Waals surface area contributed by atoms with E-state index in [-0.39, 0.29) is 17.9 Å². The molecule has 2 unspecified atom stereocenters. The summed E-state index contributed by atoms with van der Waals surface area (Å²) in [6.07, 6.45) is 4.54. The molecule has 1 N–H and O–H groups in total. The fourth-order valence-electron chi connectivity index (χ4n) is 2.87. The van der Waals surface area contributed by atoms with Gasteiger partial charge in [0.15, 0.2) is 0 Å². The minimum Gasteiger partial charge on any atom is -0.385 e. The Bertz CT molecular complexity index is 381. The molecule has 0 aromatic rings. The van der Waals surface area contributed by atoms with Crippen LogP contribution >= 0.6 is 0 Å². The molecule has 0 aromatic carbocycles. The van der Waals surface area contributed by atoms with E-state index in [1.54, 1.807) is 7.11 Å². The molecule has 2 aliphatic rings. The van der Waals surface area contributed by atoms with Gasteiger partial charge in [-0.2, -0.15) is 0 Å². The van der Waals surface area contributed by atoms with Gasteiger partial charge in [-0.15, -0.1) is 0 Å². The van der Waals surface area contributed by atoms with E-state index in [1.807, 2.05) is 18.7 Å². The molecule has 2 amide bonds. The third kappa shape index (κ3) is 2.82. The summed E-state index contributed by atoms with van der Waals surface area (Å²) in [6, 6.07) is -0.287. The van der Waals surface area contributed by atoms with Crippen LogP contribution in [0.2, 0.25) is 0 Å². The Morgan fingerprint density at radius 3 is 2.60 bits per heavy atom. The van der Waals surface area contributed by atoms with Crippen LogP contribution in [0, 0.1) is 5.92 Å². The van der Waals surface area contributed by atoms with Crippen molar-refractivity contribution in [3.05, 3.63) is 0 Å². The largest absolute Gasteiger partial charge is 0.385 e. The van der Waals surface area contributed by atoms with Crippen LogP contribution in [0.3, 0.4) is 0 Å². The van der Waals surface area contributed by atoms with Crippen LogP contribution < -0.4 is 5.32 Å². The van der Waals surface area contributed by atoms with E-state index in [2.05, 4.69) is 5.32 Å². The van der Waals surface area contributed by atoms with Crippen molar-refractivity contribution in [3.8, 4) is 0 Å². The van der Waals surface area contributed by atoms with Crippen molar-refractivity contribution in [2.24, 2.45) is 5.92 Å². The maximum Gasteiger partial charge on any atom is 0.246 e. The van der Waals surface area contributed by atoms with Gasteiger partial charge in [0.05, 0.1) is 0 Å². The van der Waals surface area contributed by atoms with Gasteiger partial charge in [-0.3, -0.25) is 9.59 Å². The van der Waals surface area contributed by atoms with Crippen LogP contribution in [0.25, 0.3) is 0 Å². The number of methoxy groups -OCH3 is 1. The molecular formula is C15H26N2O3. The minimum atomic E-state index is -0.699. The minimum absolute atomic E-state index is 0.00300. The predicted octanol–water partition coefficient (Wildman–Crippen LogP) is 1.32. The van der Waals surface area contributed by atoms with Crippen molar-refractivity contribution in [2.75, 3.05) is 20.3 Å². The Hall–Kier alpha value is -1.10. The van der Waals surface area contributed by atoms with Gasteiger partial charge in [0, 0.05) is 20.3 Å². The molecular weight excluding hydrogens is 256 g/mol. The molecule has 5 nitrogen and oxygen atoms in total. The van der Waals surface area contributed by atoms with Crippen LogP contribution in [-0.4, -0.2) is 48.6 Å². The second-order valence-electron chi connectivity index (χ2n) is 6.11. The lowest BCUT2D eigenvalue weighted by atomic mass is 9.89. The molecule has 2 rings (SSSR count). The molecule has 0 bridgehead atoms. The zero-order chi connectivity index (χ0) is 14.8. The van der Waals surface area contributed by atoms with Crippen LogP contribution in [0.5, 0.6) is 0 Å². The number of amides is 2. The van der Waals surface area contributed by atoms with E-state index in [1.165, 1.54) is 0 Å². The first kappa shape index (κ1) is 15.3. The lowest BCUT2D eigenvalue weighted by Crippen LogP contribution is -2.69. The summed E-state index contributed by atoms with van der Waals surface area (Å²) < 4.78 is 5.04. The van der Waals surface area contributed by atoms with Crippen molar-refractivity contribution in [3.63, 3.8) is 0 Å². The van der Waals surface area contributed by atoms with Crippen molar-refractivity contribution in [1.82, 2.24) is 10.2 Å². The first-order chi connectivity index (χ1) is 9.54. The summed E-state index contributed by atoms with van der Waals surface area (Å²) in [5, 5.41) is 2.95. The van der Waals surface area contributed by atoms with Gasteiger partial charge in [0.2, 0.25) is 11.8 Å². The Morgan fingerprint density at radius 1 is 1.35 bits per heavy atom. The highest BCUT2D eigenvalue weighted by molar-refractivity contribution is 5.99. The van der Waals surface area contributed by atoms with Crippen molar-refractivity contribution in [1.29, 1.82) is 0 Å². The summed E-state index contributed by atoms with van der Waals surface area (Å²) in [4.78, 5) is 26.9. The van der Waals surface area contributed by atoms with Gasteiger partial charge in [0.25, 0.3) is 0 Å². The molecule has 1 aliphatic carbocycles. The van der Waals surface area contributed by atoms with Crippen LogP contribution in [-0.2, 0) is 14.3 Å². The molecule has 0 spiro atoms. The first-order valence-electron chi connectivity index (χ1n) is 7.66. The number of ether oxygens (including phenoxy) is 1. The molecule has 2 atom stereocenters. The van der Waals surface area contributed by atoms with Gasteiger partial charge in [-0.05, 0) is 44.9 Å². The highest BCUT2D eigenvalue weighted by Crippen LogP contribution is 2.37. The molecule has 114 valence electrons. The molecule has 1 saturated heterocycles. The van der Waals surface area contributed by atoms with Gasteiger partial charge < -0.3 is 15.0 Å². The average molecular weight is 282 g/mol. The molecule has 1 saturated carbocycles. The summed E-state index contributed by atoms with van der Waals surface area (Å²) in [5.74, 6) is 0.464. The van der Waals surface area contributed by atoms with Crippen LogP contribution in [0.15, 0.2) is 0 Å². The Kier molecular flexibility index (Phi) is 4.68. The monoisotopic (exact) mass is 282 g/mol. The second kappa shape index (κ2) is 6.12. The number of hydrogen-bond donors (Lipinski definition) is 1. The summed E-state index contributed by atoms with van der Waals surface area (Å²) in [6.45, 7) is 5.18. The summed E-state index contributed by atoms with van der Waals surface area (Å²) in [7, 11) is 1.68. The number of rotatable bonds is 7. The fourth-order valence-corrected chi connectivity index (χ4v) is 2.87. The van der Waals surface area contributed by atoms with Gasteiger partial charge in [-0.25, -0.2) is 0 Å². The molecule has 1 aliphatic heterocycles. The molecule has 0 aromatic heterocycles. The Morgan fingerprint density at radius 2 is 2.05 bits per heavy atom. The third-order valence-electron chi connectivity index (χ3n) is 4.67. The number of unbranched alkanes of at least 4 members (excludes halogenated alkanes) is 1. The lowest BCUT2D eigenvalue weighted by molar-refractivity contribution is -0.157. The lowest BCUT2D eigenvalue weighted by Gasteiger charge is -2.46. The van der Waals surface area contributed by atoms with E-state index < -0.39 is 5.54 Å². The quantitative estimate of drug-likeness (QED) is 0.716. The van der Waals surface area contributed by atoms with Crippen molar-refractivity contribution < 1.29 is 14.3 Å². The second-order valence-corrected chi connectivity index (χ2v) is 6.11. The van der Waals surface area contributed by atoms with E-state index in [9.17, 15) is 9.59 Å². The van der Waals surface area contributed by atoms with E-state index in [0.29, 0.717) is 25.5 Å². The van der Waals surface area contributed by atoms with Crippen molar-refractivity contribution in [2.45, 2.75) is 57.5 Å². The topological polar surface area (TPSA) is 58.6 Å². The number of hydrogen-bond acceptors (Lipinski definition) is 3. The zero-order valence-electron chi connectivity index (χ0n) is 12.8. The Labute approximate surface area is 121 Å². The molecule has 5 heteroatoms. The predicted molar refractivity (Wildman–Crippen MR) is 76.2 cm³/mol. The normalized spacial score (nSPS) is 30.6. The highest BCUT2D eigenvalue weighted by atomic mass is 16.5. The third-order valence-corrected chi connectivity index (χ3v) is 4.67. The first-order valence-corrected chi connectivity index (χ1v) is 7.66. The molecule has 1 heterocycles. The van der Waals surface area contributed by atoms with Gasteiger partial charge in [-0.1, -0.05) is 6.92 Å². The molecule has 20 heavy (non-hydrogen) atoms. The zero-order valence-corrected chi connectivity index (χ0v) is 12.8. The number of carbonyl (C=O) groups excluding carboxylic acids is 2. The maximum absolute atomic E-state index is 12.7. The SMILES string of the molecule is CCC1(C)C(=O)NC(C2CC2)C(=O)N1CCCCOC. The van der Waals surface area contributed by atoms with Gasteiger partial charge >= 0.3 is 0 Å². The Balaban J connectivity index is 2.07. The van der Waals surface area contributed by atoms with Gasteiger partial charge in [0.1, 0.15) is 11.6 Å². The summed E-state index contributed by atoms with van der Waals surface area (Å²) >= 11 is 0. The standard InChI is InChI=1S/C15H26N2O3/c1-4-15(2)14(19)16-12(11-7-8-11)13(18)17(15)9-5-6-10-20-3/h11-12H,4-10H2,1-3H3,(H,16,19). The molecule has 2 fully saturated rings. The fraction of sp³-hybridized carbons (Fsp3) is 0.867. The smallest absolute Gasteiger partial charge is 0.246 e. The number of nitrogens with one attached hydrogen (secondary N) is 1. The molecule has 0 radical (unpaired) electrons. The summed E-state index contributed by atoms with van der Waals surface area (Å²) in [5.41, 5.74) is -0.699. The van der Waals surface area contributed by atoms with Crippen LogP contribution in [0.4, 0.5) is 0 Å².